The SMILES string of the molecule is Cc1sc(B2OC(C)(C)C(C)(C)O2)c(C2=CCC(C)(C)CC2)c1C(OC(C)(C)C)C(=O)OF. The summed E-state index contributed by atoms with van der Waals surface area (Å²) in [7, 11) is -0.588. The zero-order chi connectivity index (χ0) is 25.0. The summed E-state index contributed by atoms with van der Waals surface area (Å²) in [4.78, 5) is 17.2. The quantitative estimate of drug-likeness (QED) is 0.468. The van der Waals surface area contributed by atoms with Crippen LogP contribution in [0.15, 0.2) is 6.08 Å². The van der Waals surface area contributed by atoms with Crippen LogP contribution in [0.5, 0.6) is 0 Å². The van der Waals surface area contributed by atoms with E-state index in [1.165, 1.54) is 11.3 Å². The molecule has 1 aliphatic heterocycles. The fraction of sp³-hybridized carbons (Fsp3) is 0.720. The second-order valence-electron chi connectivity index (χ2n) is 12.0. The maximum atomic E-state index is 13.2. The van der Waals surface area contributed by atoms with E-state index in [9.17, 15) is 9.32 Å². The smallest absolute Gasteiger partial charge is 0.399 e. The number of aryl methyl sites for hydroxylation is 1. The van der Waals surface area contributed by atoms with Crippen molar-refractivity contribution in [3.05, 3.63) is 22.1 Å². The van der Waals surface area contributed by atoms with E-state index in [0.29, 0.717) is 5.56 Å². The van der Waals surface area contributed by atoms with E-state index in [1.54, 1.807) is 0 Å². The van der Waals surface area contributed by atoms with Crippen LogP contribution in [0.25, 0.3) is 5.57 Å². The molecule has 2 aliphatic rings. The Bertz CT molecular complexity index is 925. The third-order valence-electron chi connectivity index (χ3n) is 6.94. The van der Waals surface area contributed by atoms with Crippen LogP contribution in [0.4, 0.5) is 4.53 Å². The zero-order valence-electron chi connectivity index (χ0n) is 21.7. The van der Waals surface area contributed by atoms with Gasteiger partial charge in [-0.25, -0.2) is 4.79 Å². The highest BCUT2D eigenvalue weighted by Crippen LogP contribution is 2.45. The summed E-state index contributed by atoms with van der Waals surface area (Å²) in [5.41, 5.74) is 1.16. The second-order valence-corrected chi connectivity index (χ2v) is 13.3. The van der Waals surface area contributed by atoms with Crippen molar-refractivity contribution >= 4 is 34.8 Å². The molecule has 2 heterocycles. The molecule has 1 aliphatic carbocycles. The number of carbonyl (C=O) groups is 1. The second kappa shape index (κ2) is 8.78. The van der Waals surface area contributed by atoms with Crippen molar-refractivity contribution in [1.29, 1.82) is 0 Å². The molecule has 1 saturated heterocycles. The molecule has 1 atom stereocenters. The largest absolute Gasteiger partial charge is 0.506 e. The fourth-order valence-electron chi connectivity index (χ4n) is 4.27. The topological polar surface area (TPSA) is 54.0 Å². The van der Waals surface area contributed by atoms with Gasteiger partial charge in [-0.3, -0.25) is 4.94 Å². The first-order chi connectivity index (χ1) is 15.0. The van der Waals surface area contributed by atoms with E-state index in [1.807, 2.05) is 55.4 Å². The number of ether oxygens (including phenoxy) is 1. The summed E-state index contributed by atoms with van der Waals surface area (Å²) in [5, 5.41) is 0. The van der Waals surface area contributed by atoms with E-state index >= 15 is 0 Å². The van der Waals surface area contributed by atoms with Gasteiger partial charge in [0.1, 0.15) is 0 Å². The average Bonchev–Trinajstić information content (AvgIpc) is 3.11. The van der Waals surface area contributed by atoms with Crippen LogP contribution in [-0.2, 0) is 23.8 Å². The monoisotopic (exact) mass is 480 g/mol. The fourth-order valence-corrected chi connectivity index (χ4v) is 5.45. The van der Waals surface area contributed by atoms with Crippen LogP contribution < -0.4 is 4.78 Å². The van der Waals surface area contributed by atoms with Crippen molar-refractivity contribution in [3.8, 4) is 0 Å². The van der Waals surface area contributed by atoms with Gasteiger partial charge in [-0.05, 0) is 91.2 Å². The van der Waals surface area contributed by atoms with Crippen molar-refractivity contribution in [1.82, 2.24) is 0 Å². The van der Waals surface area contributed by atoms with Crippen molar-refractivity contribution in [2.75, 3.05) is 0 Å². The lowest BCUT2D eigenvalue weighted by Gasteiger charge is -2.32. The molecule has 1 unspecified atom stereocenters. The molecule has 0 aromatic carbocycles. The predicted octanol–water partition coefficient (Wildman–Crippen LogP) is 6.23. The highest BCUT2D eigenvalue weighted by molar-refractivity contribution is 7.23. The molecule has 184 valence electrons. The lowest BCUT2D eigenvalue weighted by atomic mass is 9.73. The van der Waals surface area contributed by atoms with E-state index in [4.69, 9.17) is 14.0 Å². The predicted molar refractivity (Wildman–Crippen MR) is 131 cm³/mol. The number of hydrogen-bond donors (Lipinski definition) is 0. The van der Waals surface area contributed by atoms with E-state index in [2.05, 4.69) is 24.9 Å². The van der Waals surface area contributed by atoms with Crippen LogP contribution in [0.3, 0.4) is 0 Å². The summed E-state index contributed by atoms with van der Waals surface area (Å²) in [5.74, 6) is -1.05. The van der Waals surface area contributed by atoms with Gasteiger partial charge in [0.25, 0.3) is 0 Å². The Morgan fingerprint density at radius 3 is 2.18 bits per heavy atom. The Morgan fingerprint density at radius 1 is 1.15 bits per heavy atom. The summed E-state index contributed by atoms with van der Waals surface area (Å²) < 4.78 is 33.0. The normalized spacial score (nSPS) is 22.8. The molecule has 0 bridgehead atoms. The first-order valence-corrected chi connectivity index (χ1v) is 12.5. The molecule has 0 saturated carbocycles. The first kappa shape index (κ1) is 26.4. The minimum Gasteiger partial charge on any atom is -0.399 e. The number of thiophene rings is 1. The van der Waals surface area contributed by atoms with Crippen LogP contribution in [0, 0.1) is 12.3 Å². The Labute approximate surface area is 202 Å². The van der Waals surface area contributed by atoms with Crippen molar-refractivity contribution in [2.45, 2.75) is 111 Å². The molecule has 3 rings (SSSR count). The molecular formula is C25H38BFO5S. The van der Waals surface area contributed by atoms with Gasteiger partial charge >= 0.3 is 13.1 Å². The number of hydrogen-bond acceptors (Lipinski definition) is 6. The molecule has 5 nitrogen and oxygen atoms in total. The maximum Gasteiger partial charge on any atom is 0.506 e. The molecular weight excluding hydrogens is 442 g/mol. The zero-order valence-corrected chi connectivity index (χ0v) is 22.5. The minimum absolute atomic E-state index is 0.207. The Hall–Kier alpha value is -1.22. The minimum atomic E-state index is -1.19. The van der Waals surface area contributed by atoms with Crippen molar-refractivity contribution in [3.63, 3.8) is 0 Å². The number of halogens is 1. The first-order valence-electron chi connectivity index (χ1n) is 11.7. The van der Waals surface area contributed by atoms with Gasteiger partial charge in [0.2, 0.25) is 0 Å². The molecule has 1 aromatic heterocycles. The van der Waals surface area contributed by atoms with E-state index < -0.39 is 36.0 Å². The Balaban J connectivity index is 2.20. The number of carbonyl (C=O) groups excluding carboxylic acids is 1. The average molecular weight is 480 g/mol. The van der Waals surface area contributed by atoms with Crippen LogP contribution in [0.2, 0.25) is 0 Å². The molecule has 33 heavy (non-hydrogen) atoms. The van der Waals surface area contributed by atoms with Crippen molar-refractivity contribution < 1.29 is 28.3 Å². The molecule has 0 amide bonds. The van der Waals surface area contributed by atoms with Crippen molar-refractivity contribution in [2.24, 2.45) is 5.41 Å². The van der Waals surface area contributed by atoms with Crippen LogP contribution >= 0.6 is 11.3 Å². The highest BCUT2D eigenvalue weighted by Gasteiger charge is 2.53. The molecule has 1 fully saturated rings. The van der Waals surface area contributed by atoms with Gasteiger partial charge in [-0.1, -0.05) is 19.9 Å². The summed E-state index contributed by atoms with van der Waals surface area (Å²) in [6.07, 6.45) is 3.81. The van der Waals surface area contributed by atoms with Gasteiger partial charge in [0, 0.05) is 19.7 Å². The van der Waals surface area contributed by atoms with Gasteiger partial charge in [-0.15, -0.1) is 11.3 Å². The third-order valence-corrected chi connectivity index (χ3v) is 8.08. The van der Waals surface area contributed by atoms with E-state index in [-0.39, 0.29) is 5.41 Å². The molecule has 0 radical (unpaired) electrons. The Kier molecular flexibility index (Phi) is 7.02. The van der Waals surface area contributed by atoms with Gasteiger partial charge in [0.15, 0.2) is 6.10 Å². The summed E-state index contributed by atoms with van der Waals surface area (Å²) in [6, 6.07) is 0. The summed E-state index contributed by atoms with van der Waals surface area (Å²) in [6.45, 7) is 20.0. The molecule has 0 N–H and O–H groups in total. The van der Waals surface area contributed by atoms with Gasteiger partial charge in [0.05, 0.1) is 16.8 Å². The number of allylic oxidation sites excluding steroid dienone is 2. The van der Waals surface area contributed by atoms with Crippen LogP contribution in [0.1, 0.15) is 104 Å². The number of rotatable bonds is 5. The molecule has 1 aromatic rings. The Morgan fingerprint density at radius 2 is 1.73 bits per heavy atom. The molecule has 0 spiro atoms. The lowest BCUT2D eigenvalue weighted by molar-refractivity contribution is -0.205. The third kappa shape index (κ3) is 5.39. The van der Waals surface area contributed by atoms with E-state index in [0.717, 1.165) is 40.1 Å². The maximum absolute atomic E-state index is 13.2. The summed E-state index contributed by atoms with van der Waals surface area (Å²) >= 11 is 1.51. The standard InChI is InChI=1S/C25H38BFO5S/c1-15-17(19(21(28)30-27)29-22(2,3)4)18(16-11-13-23(5,6)14-12-16)20(33-15)26-31-24(7,8)25(9,10)32-26/h11,19H,12-14H2,1-10H3. The van der Waals surface area contributed by atoms with Gasteiger partial charge < -0.3 is 14.0 Å². The molecule has 8 heteroatoms. The highest BCUT2D eigenvalue weighted by atomic mass is 32.1. The van der Waals surface area contributed by atoms with Gasteiger partial charge in [-0.2, -0.15) is 0 Å². The van der Waals surface area contributed by atoms with Crippen LogP contribution in [-0.4, -0.2) is 29.9 Å². The lowest BCUT2D eigenvalue weighted by Crippen LogP contribution is -2.41.